The number of amides is 2. The summed E-state index contributed by atoms with van der Waals surface area (Å²) in [4.78, 5) is 35.3. The molecule has 29 heavy (non-hydrogen) atoms. The molecule has 0 fully saturated rings. The Bertz CT molecular complexity index is 887. The van der Waals surface area contributed by atoms with Crippen LogP contribution in [0.5, 0.6) is 5.75 Å². The average molecular weight is 406 g/mol. The number of nitrogens with one attached hydrogen (secondary N) is 2. The quantitative estimate of drug-likeness (QED) is 0.657. The third kappa shape index (κ3) is 7.21. The van der Waals surface area contributed by atoms with E-state index in [-0.39, 0.29) is 5.69 Å². The first-order valence-electron chi connectivity index (χ1n) is 8.66. The number of carbonyl (C=O) groups excluding carboxylic acids is 3. The van der Waals surface area contributed by atoms with Crippen molar-refractivity contribution in [2.24, 2.45) is 0 Å². The topological polar surface area (TPSA) is 93.7 Å². The molecule has 0 aliphatic rings. The second-order valence-corrected chi connectivity index (χ2v) is 6.13. The first-order chi connectivity index (χ1) is 13.7. The predicted octanol–water partition coefficient (Wildman–Crippen LogP) is 2.34. The molecule has 0 spiro atoms. The van der Waals surface area contributed by atoms with Gasteiger partial charge in [0, 0.05) is 11.8 Å². The van der Waals surface area contributed by atoms with Crippen molar-refractivity contribution in [3.8, 4) is 5.75 Å². The van der Waals surface area contributed by atoms with Crippen LogP contribution in [0.1, 0.15) is 12.5 Å². The van der Waals surface area contributed by atoms with Crippen molar-refractivity contribution in [2.75, 3.05) is 18.5 Å². The molecule has 2 aromatic rings. The number of benzene rings is 2. The summed E-state index contributed by atoms with van der Waals surface area (Å²) in [6.07, 6.45) is -0.929. The van der Waals surface area contributed by atoms with Gasteiger partial charge in [-0.2, -0.15) is 0 Å². The fourth-order valence-corrected chi connectivity index (χ4v) is 2.13. The Morgan fingerprint density at radius 2 is 1.69 bits per heavy atom. The van der Waals surface area contributed by atoms with E-state index < -0.39 is 48.7 Å². The second-order valence-electron chi connectivity index (χ2n) is 6.13. The second kappa shape index (κ2) is 10.2. The van der Waals surface area contributed by atoms with Crippen LogP contribution in [0.2, 0.25) is 0 Å². The first kappa shape index (κ1) is 21.8. The standard InChI is InChI=1S/C20H20F2N2O5/c1-12-3-6-15(7-4-12)29-13(2)20(27)28-11-19(26)23-10-18(25)24-14-5-8-16(21)17(22)9-14/h3-9,13H,10-11H2,1-2H3,(H,23,26)(H,24,25). The third-order valence-corrected chi connectivity index (χ3v) is 3.66. The smallest absolute Gasteiger partial charge is 0.347 e. The monoisotopic (exact) mass is 406 g/mol. The number of esters is 1. The van der Waals surface area contributed by atoms with Gasteiger partial charge in [0.25, 0.3) is 5.91 Å². The van der Waals surface area contributed by atoms with Crippen molar-refractivity contribution in [3.63, 3.8) is 0 Å². The molecular formula is C20H20F2N2O5. The van der Waals surface area contributed by atoms with E-state index in [4.69, 9.17) is 9.47 Å². The molecule has 9 heteroatoms. The van der Waals surface area contributed by atoms with E-state index >= 15 is 0 Å². The number of hydrogen-bond donors (Lipinski definition) is 2. The van der Waals surface area contributed by atoms with E-state index in [0.29, 0.717) is 5.75 Å². The van der Waals surface area contributed by atoms with Gasteiger partial charge < -0.3 is 20.1 Å². The Kier molecular flexibility index (Phi) is 7.64. The molecule has 7 nitrogen and oxygen atoms in total. The molecule has 0 saturated carbocycles. The summed E-state index contributed by atoms with van der Waals surface area (Å²) < 4.78 is 36.2. The van der Waals surface area contributed by atoms with Gasteiger partial charge in [0.1, 0.15) is 5.75 Å². The molecule has 0 bridgehead atoms. The summed E-state index contributed by atoms with van der Waals surface area (Å²) in [6.45, 7) is 2.36. The van der Waals surface area contributed by atoms with Crippen LogP contribution in [0, 0.1) is 18.6 Å². The fourth-order valence-electron chi connectivity index (χ4n) is 2.13. The molecule has 2 rings (SSSR count). The number of aryl methyl sites for hydroxylation is 1. The molecule has 154 valence electrons. The summed E-state index contributed by atoms with van der Waals surface area (Å²) in [6, 6.07) is 9.91. The molecule has 0 heterocycles. The van der Waals surface area contributed by atoms with Crippen LogP contribution < -0.4 is 15.4 Å². The maximum absolute atomic E-state index is 13.1. The zero-order valence-corrected chi connectivity index (χ0v) is 15.8. The van der Waals surface area contributed by atoms with Gasteiger partial charge in [0.05, 0.1) is 6.54 Å². The zero-order chi connectivity index (χ0) is 21.4. The molecule has 0 aliphatic carbocycles. The van der Waals surface area contributed by atoms with Crippen LogP contribution in [0.25, 0.3) is 0 Å². The molecule has 2 N–H and O–H groups in total. The van der Waals surface area contributed by atoms with Crippen molar-refractivity contribution in [2.45, 2.75) is 20.0 Å². The summed E-state index contributed by atoms with van der Waals surface area (Å²) in [5.41, 5.74) is 1.08. The van der Waals surface area contributed by atoms with Gasteiger partial charge in [-0.15, -0.1) is 0 Å². The highest BCUT2D eigenvalue weighted by Crippen LogP contribution is 2.14. The van der Waals surface area contributed by atoms with E-state index in [0.717, 1.165) is 17.7 Å². The van der Waals surface area contributed by atoms with Gasteiger partial charge in [-0.05, 0) is 38.1 Å². The lowest BCUT2D eigenvalue weighted by Gasteiger charge is -2.14. The minimum atomic E-state index is -1.11. The van der Waals surface area contributed by atoms with E-state index in [2.05, 4.69) is 10.6 Å². The predicted molar refractivity (Wildman–Crippen MR) is 100 cm³/mol. The van der Waals surface area contributed by atoms with Crippen LogP contribution in [-0.4, -0.2) is 37.0 Å². The van der Waals surface area contributed by atoms with Gasteiger partial charge in [0.2, 0.25) is 5.91 Å². The number of rotatable bonds is 8. The van der Waals surface area contributed by atoms with E-state index in [9.17, 15) is 23.2 Å². The number of ether oxygens (including phenoxy) is 2. The number of halogens is 2. The SMILES string of the molecule is Cc1ccc(OC(C)C(=O)OCC(=O)NCC(=O)Nc2ccc(F)c(F)c2)cc1. The van der Waals surface area contributed by atoms with Crippen molar-refractivity contribution >= 4 is 23.5 Å². The van der Waals surface area contributed by atoms with Crippen LogP contribution in [0.15, 0.2) is 42.5 Å². The summed E-state index contributed by atoms with van der Waals surface area (Å²) in [7, 11) is 0. The molecule has 0 aliphatic heterocycles. The van der Waals surface area contributed by atoms with Crippen molar-refractivity contribution in [3.05, 3.63) is 59.7 Å². The third-order valence-electron chi connectivity index (χ3n) is 3.66. The summed E-state index contributed by atoms with van der Waals surface area (Å²) >= 11 is 0. The number of carbonyl (C=O) groups is 3. The minimum absolute atomic E-state index is 0.0386. The first-order valence-corrected chi connectivity index (χ1v) is 8.66. The Morgan fingerprint density at radius 1 is 1.00 bits per heavy atom. The molecule has 2 aromatic carbocycles. The lowest BCUT2D eigenvalue weighted by molar-refractivity contribution is -0.154. The molecule has 1 unspecified atom stereocenters. The van der Waals surface area contributed by atoms with Gasteiger partial charge in [-0.25, -0.2) is 13.6 Å². The zero-order valence-electron chi connectivity index (χ0n) is 15.8. The Labute approximate surface area is 166 Å². The highest BCUT2D eigenvalue weighted by molar-refractivity contribution is 5.94. The van der Waals surface area contributed by atoms with E-state index in [1.165, 1.54) is 13.0 Å². The van der Waals surface area contributed by atoms with Crippen LogP contribution in [-0.2, 0) is 19.1 Å². The van der Waals surface area contributed by atoms with Crippen LogP contribution in [0.3, 0.4) is 0 Å². The van der Waals surface area contributed by atoms with Gasteiger partial charge in [-0.1, -0.05) is 17.7 Å². The minimum Gasteiger partial charge on any atom is -0.479 e. The highest BCUT2D eigenvalue weighted by atomic mass is 19.2. The maximum atomic E-state index is 13.1. The van der Waals surface area contributed by atoms with Crippen molar-refractivity contribution in [1.29, 1.82) is 0 Å². The Balaban J connectivity index is 1.70. The Morgan fingerprint density at radius 3 is 2.34 bits per heavy atom. The fraction of sp³-hybridized carbons (Fsp3) is 0.250. The van der Waals surface area contributed by atoms with E-state index in [1.807, 2.05) is 19.1 Å². The van der Waals surface area contributed by atoms with Crippen molar-refractivity contribution < 1.29 is 32.6 Å². The van der Waals surface area contributed by atoms with Crippen molar-refractivity contribution in [1.82, 2.24) is 5.32 Å². The lowest BCUT2D eigenvalue weighted by Crippen LogP contribution is -2.37. The molecule has 1 atom stereocenters. The van der Waals surface area contributed by atoms with E-state index in [1.54, 1.807) is 12.1 Å². The van der Waals surface area contributed by atoms with Gasteiger partial charge in [0.15, 0.2) is 24.3 Å². The average Bonchev–Trinajstić information content (AvgIpc) is 2.69. The molecule has 2 amide bonds. The molecular weight excluding hydrogens is 386 g/mol. The van der Waals surface area contributed by atoms with Gasteiger partial charge in [-0.3, -0.25) is 9.59 Å². The summed E-state index contributed by atoms with van der Waals surface area (Å²) in [5.74, 6) is -3.78. The van der Waals surface area contributed by atoms with Crippen LogP contribution in [0.4, 0.5) is 14.5 Å². The maximum Gasteiger partial charge on any atom is 0.347 e. The lowest BCUT2D eigenvalue weighted by atomic mass is 10.2. The highest BCUT2D eigenvalue weighted by Gasteiger charge is 2.18. The Hall–Kier alpha value is -3.49. The van der Waals surface area contributed by atoms with Crippen LogP contribution >= 0.6 is 0 Å². The largest absolute Gasteiger partial charge is 0.479 e. The molecule has 0 aromatic heterocycles. The number of hydrogen-bond acceptors (Lipinski definition) is 5. The normalized spacial score (nSPS) is 11.3. The number of anilines is 1. The van der Waals surface area contributed by atoms with Gasteiger partial charge >= 0.3 is 5.97 Å². The molecule has 0 saturated heterocycles. The molecule has 0 radical (unpaired) electrons. The summed E-state index contributed by atoms with van der Waals surface area (Å²) in [5, 5.41) is 4.53.